The number of amides is 1. The van der Waals surface area contributed by atoms with E-state index in [4.69, 9.17) is 0 Å². The molecule has 1 amide bonds. The predicted octanol–water partition coefficient (Wildman–Crippen LogP) is 1.27. The highest BCUT2D eigenvalue weighted by Gasteiger charge is 1.85. The summed E-state index contributed by atoms with van der Waals surface area (Å²) in [6.07, 6.45) is 11.7. The minimum absolute atomic E-state index is 0.226. The van der Waals surface area contributed by atoms with Crippen molar-refractivity contribution in [3.63, 3.8) is 0 Å². The molecule has 0 aliphatic carbocycles. The third-order valence-electron chi connectivity index (χ3n) is 0.971. The lowest BCUT2D eigenvalue weighted by Crippen LogP contribution is -1.84. The first-order chi connectivity index (χ1) is 4.89. The van der Waals surface area contributed by atoms with Gasteiger partial charge in [-0.25, -0.2) is 4.99 Å². The Kier molecular flexibility index (Phi) is 2.38. The summed E-state index contributed by atoms with van der Waals surface area (Å²) < 4.78 is 0. The summed E-state index contributed by atoms with van der Waals surface area (Å²) >= 11 is 0. The highest BCUT2D eigenvalue weighted by atomic mass is 16.1. The van der Waals surface area contributed by atoms with Crippen molar-refractivity contribution < 1.29 is 4.79 Å². The molecule has 0 aromatic rings. The lowest BCUT2D eigenvalue weighted by Gasteiger charge is -1.76. The predicted molar refractivity (Wildman–Crippen MR) is 40.9 cm³/mol. The second-order valence-electron chi connectivity index (χ2n) is 1.75. The molecule has 0 bridgehead atoms. The molecule has 0 saturated carbocycles. The van der Waals surface area contributed by atoms with Gasteiger partial charge in [-0.3, -0.25) is 4.79 Å². The Morgan fingerprint density at radius 1 is 1.00 bits per heavy atom. The van der Waals surface area contributed by atoms with Crippen LogP contribution in [0.15, 0.2) is 41.4 Å². The Hall–Kier alpha value is -1.44. The number of carbonyl (C=O) groups excluding carboxylic acids is 1. The van der Waals surface area contributed by atoms with Crippen LogP contribution < -0.4 is 0 Å². The Morgan fingerprint density at radius 3 is 2.60 bits per heavy atom. The van der Waals surface area contributed by atoms with Gasteiger partial charge in [0.1, 0.15) is 0 Å². The number of nitrogens with zero attached hydrogens (tertiary/aromatic N) is 1. The van der Waals surface area contributed by atoms with Crippen LogP contribution in [0.4, 0.5) is 0 Å². The lowest BCUT2D eigenvalue weighted by molar-refractivity contribution is -0.113. The molecule has 0 atom stereocenters. The molecule has 0 aromatic carbocycles. The number of allylic oxidation sites excluding steroid dienone is 5. The third-order valence-corrected chi connectivity index (χ3v) is 0.971. The van der Waals surface area contributed by atoms with E-state index in [1.54, 1.807) is 18.2 Å². The largest absolute Gasteiger partial charge is 0.269 e. The first-order valence-electron chi connectivity index (χ1n) is 2.97. The van der Waals surface area contributed by atoms with Crippen LogP contribution in [0.3, 0.4) is 0 Å². The van der Waals surface area contributed by atoms with Crippen molar-refractivity contribution in [1.29, 1.82) is 0 Å². The van der Waals surface area contributed by atoms with Crippen molar-refractivity contribution in [2.45, 2.75) is 0 Å². The molecule has 1 aliphatic rings. The molecule has 0 fully saturated rings. The molecule has 1 aliphatic heterocycles. The number of rotatable bonds is 0. The van der Waals surface area contributed by atoms with Gasteiger partial charge in [0.15, 0.2) is 0 Å². The Bertz CT molecular complexity index is 210. The maximum absolute atomic E-state index is 10.6. The standard InChI is InChI=1S/C8H7NO/c10-8-6-4-2-1-3-5-7-9-8/h1-7H. The third kappa shape index (κ3) is 2.22. The number of carbonyl (C=O) groups is 1. The molecule has 0 spiro atoms. The molecule has 0 saturated heterocycles. The van der Waals surface area contributed by atoms with Gasteiger partial charge in [-0.1, -0.05) is 24.3 Å². The maximum atomic E-state index is 10.6. The fraction of sp³-hybridized carbons (Fsp3) is 0. The normalized spacial score (nSPS) is 16.6. The molecule has 0 N–H and O–H groups in total. The van der Waals surface area contributed by atoms with Crippen LogP contribution in [0.25, 0.3) is 0 Å². The van der Waals surface area contributed by atoms with Gasteiger partial charge in [-0.15, -0.1) is 0 Å². The van der Waals surface area contributed by atoms with Crippen molar-refractivity contribution >= 4 is 12.1 Å². The van der Waals surface area contributed by atoms with Gasteiger partial charge < -0.3 is 0 Å². The Labute approximate surface area is 59.3 Å². The van der Waals surface area contributed by atoms with E-state index in [2.05, 4.69) is 4.99 Å². The fourth-order valence-electron chi connectivity index (χ4n) is 0.540. The molecular formula is C8H7NO. The molecule has 0 aromatic heterocycles. The van der Waals surface area contributed by atoms with Gasteiger partial charge in [-0.05, 0) is 6.08 Å². The second-order valence-corrected chi connectivity index (χ2v) is 1.75. The summed E-state index contributed by atoms with van der Waals surface area (Å²) in [5.74, 6) is -0.226. The Balaban J connectivity index is 2.80. The van der Waals surface area contributed by atoms with Crippen LogP contribution in [0.5, 0.6) is 0 Å². The molecular weight excluding hydrogens is 126 g/mol. The molecule has 0 unspecified atom stereocenters. The Morgan fingerprint density at radius 2 is 1.70 bits per heavy atom. The van der Waals surface area contributed by atoms with Gasteiger partial charge in [-0.2, -0.15) is 0 Å². The summed E-state index contributed by atoms with van der Waals surface area (Å²) in [4.78, 5) is 14.2. The van der Waals surface area contributed by atoms with Crippen LogP contribution >= 0.6 is 0 Å². The topological polar surface area (TPSA) is 29.4 Å². The minimum Gasteiger partial charge on any atom is -0.267 e. The van der Waals surface area contributed by atoms with Gasteiger partial charge in [0.25, 0.3) is 5.91 Å². The van der Waals surface area contributed by atoms with E-state index in [9.17, 15) is 4.79 Å². The van der Waals surface area contributed by atoms with E-state index in [1.807, 2.05) is 12.2 Å². The zero-order chi connectivity index (χ0) is 7.23. The molecule has 1 rings (SSSR count). The van der Waals surface area contributed by atoms with Gasteiger partial charge in [0.2, 0.25) is 0 Å². The van der Waals surface area contributed by atoms with Crippen molar-refractivity contribution in [2.24, 2.45) is 4.99 Å². The van der Waals surface area contributed by atoms with Crippen molar-refractivity contribution in [2.75, 3.05) is 0 Å². The van der Waals surface area contributed by atoms with Crippen LogP contribution in [-0.4, -0.2) is 12.1 Å². The number of hydrogen-bond acceptors (Lipinski definition) is 1. The van der Waals surface area contributed by atoms with Gasteiger partial charge >= 0.3 is 0 Å². The van der Waals surface area contributed by atoms with Crippen molar-refractivity contribution in [3.05, 3.63) is 36.5 Å². The molecule has 0 radical (unpaired) electrons. The number of hydrogen-bond donors (Lipinski definition) is 0. The first-order valence-corrected chi connectivity index (χ1v) is 2.97. The first kappa shape index (κ1) is 6.68. The molecule has 10 heavy (non-hydrogen) atoms. The number of aliphatic imine (C=N–C) groups is 1. The zero-order valence-corrected chi connectivity index (χ0v) is 5.40. The van der Waals surface area contributed by atoms with Crippen molar-refractivity contribution in [1.82, 2.24) is 0 Å². The SMILES string of the molecule is O=C1C=CC=CC=CC=N1. The highest BCUT2D eigenvalue weighted by Crippen LogP contribution is 1.85. The van der Waals surface area contributed by atoms with Crippen molar-refractivity contribution in [3.8, 4) is 0 Å². The quantitative estimate of drug-likeness (QED) is 0.489. The fourth-order valence-corrected chi connectivity index (χ4v) is 0.540. The smallest absolute Gasteiger partial charge is 0.267 e. The van der Waals surface area contributed by atoms with E-state index >= 15 is 0 Å². The maximum Gasteiger partial charge on any atom is 0.269 e. The summed E-state index contributed by atoms with van der Waals surface area (Å²) in [6.45, 7) is 0. The van der Waals surface area contributed by atoms with E-state index in [-0.39, 0.29) is 5.91 Å². The lowest BCUT2D eigenvalue weighted by atomic mass is 10.4. The summed E-state index contributed by atoms with van der Waals surface area (Å²) in [7, 11) is 0. The summed E-state index contributed by atoms with van der Waals surface area (Å²) in [5.41, 5.74) is 0. The van der Waals surface area contributed by atoms with Crippen LogP contribution in [-0.2, 0) is 4.79 Å². The average Bonchev–Trinajstić information content (AvgIpc) is 2.02. The van der Waals surface area contributed by atoms with E-state index in [1.165, 1.54) is 12.3 Å². The molecule has 50 valence electrons. The summed E-state index contributed by atoms with van der Waals surface area (Å²) in [6, 6.07) is 0. The molecule has 1 heterocycles. The van der Waals surface area contributed by atoms with E-state index in [0.29, 0.717) is 0 Å². The van der Waals surface area contributed by atoms with Gasteiger partial charge in [0.05, 0.1) is 0 Å². The van der Waals surface area contributed by atoms with Crippen LogP contribution in [0, 0.1) is 0 Å². The zero-order valence-electron chi connectivity index (χ0n) is 5.40. The monoisotopic (exact) mass is 133 g/mol. The summed E-state index contributed by atoms with van der Waals surface area (Å²) in [5, 5.41) is 0. The highest BCUT2D eigenvalue weighted by molar-refractivity contribution is 5.96. The minimum atomic E-state index is -0.226. The van der Waals surface area contributed by atoms with E-state index in [0.717, 1.165) is 0 Å². The van der Waals surface area contributed by atoms with E-state index < -0.39 is 0 Å². The van der Waals surface area contributed by atoms with Crippen LogP contribution in [0.2, 0.25) is 0 Å². The van der Waals surface area contributed by atoms with Crippen LogP contribution in [0.1, 0.15) is 0 Å². The molecule has 2 heteroatoms. The average molecular weight is 133 g/mol. The molecule has 2 nitrogen and oxygen atoms in total. The van der Waals surface area contributed by atoms with Gasteiger partial charge in [0, 0.05) is 12.3 Å². The second kappa shape index (κ2) is 3.56.